The van der Waals surface area contributed by atoms with E-state index in [9.17, 15) is 0 Å². The van der Waals surface area contributed by atoms with E-state index < -0.39 is 5.89 Å². The molecular weight excluding hydrogens is 390 g/mol. The standard InChI is InChI=1S/C30H29NO/c1-19(2)21-15-16-31-27(17-21)26-8-6-7-25-24-14-11-22(18-28(24)32-29(25)26)20-9-12-23(13-10-20)30(3,4)5/h6-19H,1-5H3/i19D. The molecule has 0 N–H and O–H groups in total. The molecule has 0 saturated carbocycles. The van der Waals surface area contributed by atoms with Crippen molar-refractivity contribution in [3.05, 3.63) is 90.1 Å². The molecule has 2 nitrogen and oxygen atoms in total. The first kappa shape index (κ1) is 19.3. The highest BCUT2D eigenvalue weighted by atomic mass is 16.3. The molecule has 0 unspecified atom stereocenters. The van der Waals surface area contributed by atoms with Gasteiger partial charge in [0, 0.05) is 23.9 Å². The maximum absolute atomic E-state index is 8.38. The molecule has 0 aliphatic heterocycles. The van der Waals surface area contributed by atoms with Gasteiger partial charge in [-0.3, -0.25) is 4.98 Å². The monoisotopic (exact) mass is 420 g/mol. The van der Waals surface area contributed by atoms with E-state index in [0.717, 1.165) is 44.3 Å². The van der Waals surface area contributed by atoms with Gasteiger partial charge in [-0.05, 0) is 63.9 Å². The van der Waals surface area contributed by atoms with Crippen molar-refractivity contribution >= 4 is 21.9 Å². The highest BCUT2D eigenvalue weighted by Gasteiger charge is 2.16. The van der Waals surface area contributed by atoms with Crippen LogP contribution in [0.5, 0.6) is 0 Å². The molecule has 0 radical (unpaired) electrons. The number of nitrogens with zero attached hydrogens (tertiary/aromatic N) is 1. The van der Waals surface area contributed by atoms with Crippen LogP contribution in [0.25, 0.3) is 44.3 Å². The van der Waals surface area contributed by atoms with Crippen LogP contribution in [-0.4, -0.2) is 4.98 Å². The molecule has 5 aromatic rings. The number of rotatable bonds is 3. The number of benzene rings is 3. The average molecular weight is 421 g/mol. The quantitative estimate of drug-likeness (QED) is 0.291. The largest absolute Gasteiger partial charge is 0.455 e. The summed E-state index contributed by atoms with van der Waals surface area (Å²) in [5.41, 5.74) is 8.19. The average Bonchev–Trinajstić information content (AvgIpc) is 3.16. The van der Waals surface area contributed by atoms with Crippen molar-refractivity contribution in [3.63, 3.8) is 0 Å². The number of pyridine rings is 1. The minimum atomic E-state index is -0.684. The van der Waals surface area contributed by atoms with Gasteiger partial charge in [-0.1, -0.05) is 77.1 Å². The van der Waals surface area contributed by atoms with Gasteiger partial charge >= 0.3 is 0 Å². The van der Waals surface area contributed by atoms with Crippen LogP contribution in [0.3, 0.4) is 0 Å². The number of fused-ring (bicyclic) bond motifs is 3. The van der Waals surface area contributed by atoms with E-state index in [0.29, 0.717) is 0 Å². The minimum absolute atomic E-state index is 0.137. The van der Waals surface area contributed by atoms with Crippen LogP contribution in [-0.2, 0) is 5.41 Å². The number of hydrogen-bond acceptors (Lipinski definition) is 2. The van der Waals surface area contributed by atoms with E-state index in [2.05, 4.69) is 74.3 Å². The third kappa shape index (κ3) is 3.60. The molecule has 2 aromatic heterocycles. The Bertz CT molecular complexity index is 1460. The van der Waals surface area contributed by atoms with Gasteiger partial charge in [-0.2, -0.15) is 0 Å². The number of hydrogen-bond donors (Lipinski definition) is 0. The lowest BCUT2D eigenvalue weighted by Crippen LogP contribution is -2.10. The fourth-order valence-corrected chi connectivity index (χ4v) is 4.23. The Morgan fingerprint density at radius 2 is 1.59 bits per heavy atom. The second-order valence-corrected chi connectivity index (χ2v) is 9.75. The summed E-state index contributed by atoms with van der Waals surface area (Å²) in [7, 11) is 0. The van der Waals surface area contributed by atoms with E-state index in [4.69, 9.17) is 5.79 Å². The van der Waals surface area contributed by atoms with E-state index in [1.807, 2.05) is 38.1 Å². The molecule has 0 saturated heterocycles. The van der Waals surface area contributed by atoms with E-state index >= 15 is 0 Å². The van der Waals surface area contributed by atoms with Crippen molar-refractivity contribution in [2.45, 2.75) is 45.9 Å². The molecule has 0 atom stereocenters. The van der Waals surface area contributed by atoms with Gasteiger partial charge < -0.3 is 4.42 Å². The van der Waals surface area contributed by atoms with Crippen molar-refractivity contribution in [2.75, 3.05) is 0 Å². The Balaban J connectivity index is 1.62. The maximum Gasteiger partial charge on any atom is 0.144 e. The molecule has 32 heavy (non-hydrogen) atoms. The lowest BCUT2D eigenvalue weighted by molar-refractivity contribution is 0.590. The zero-order chi connectivity index (χ0) is 23.4. The molecule has 5 rings (SSSR count). The highest BCUT2D eigenvalue weighted by molar-refractivity contribution is 6.10. The first-order valence-corrected chi connectivity index (χ1v) is 11.1. The maximum atomic E-state index is 8.38. The first-order valence-electron chi connectivity index (χ1n) is 11.6. The minimum Gasteiger partial charge on any atom is -0.455 e. The van der Waals surface area contributed by atoms with Gasteiger partial charge in [0.05, 0.1) is 5.69 Å². The zero-order valence-corrected chi connectivity index (χ0v) is 19.4. The molecular formula is C30H29NO. The molecule has 2 heteroatoms. The van der Waals surface area contributed by atoms with E-state index in [-0.39, 0.29) is 5.41 Å². The van der Waals surface area contributed by atoms with Crippen molar-refractivity contribution in [3.8, 4) is 22.4 Å². The van der Waals surface area contributed by atoms with Crippen LogP contribution >= 0.6 is 0 Å². The second-order valence-electron chi connectivity index (χ2n) is 9.75. The number of aromatic nitrogens is 1. The van der Waals surface area contributed by atoms with Gasteiger partial charge in [0.15, 0.2) is 0 Å². The van der Waals surface area contributed by atoms with Crippen LogP contribution in [0, 0.1) is 0 Å². The summed E-state index contributed by atoms with van der Waals surface area (Å²) < 4.78 is 14.8. The van der Waals surface area contributed by atoms with E-state index in [1.165, 1.54) is 11.1 Å². The fourth-order valence-electron chi connectivity index (χ4n) is 4.23. The second kappa shape index (κ2) is 7.63. The topological polar surface area (TPSA) is 26.0 Å². The number of para-hydroxylation sites is 1. The van der Waals surface area contributed by atoms with Gasteiger partial charge in [0.25, 0.3) is 0 Å². The Kier molecular flexibility index (Phi) is 4.61. The van der Waals surface area contributed by atoms with Crippen molar-refractivity contribution in [1.29, 1.82) is 0 Å². The molecule has 0 bridgehead atoms. The Hall–Kier alpha value is -3.39. The van der Waals surface area contributed by atoms with Gasteiger partial charge in [-0.15, -0.1) is 0 Å². The van der Waals surface area contributed by atoms with Crippen LogP contribution in [0.2, 0.25) is 0 Å². The molecule has 0 spiro atoms. The number of furan rings is 1. The highest BCUT2D eigenvalue weighted by Crippen LogP contribution is 2.37. The van der Waals surface area contributed by atoms with Crippen LogP contribution in [0.1, 0.15) is 53.0 Å². The Morgan fingerprint density at radius 3 is 2.31 bits per heavy atom. The molecule has 2 heterocycles. The molecule has 0 amide bonds. The van der Waals surface area contributed by atoms with Gasteiger partial charge in [-0.25, -0.2) is 0 Å². The molecule has 3 aromatic carbocycles. The molecule has 160 valence electrons. The Morgan fingerprint density at radius 1 is 0.844 bits per heavy atom. The summed E-state index contributed by atoms with van der Waals surface area (Å²) in [5.74, 6) is -0.684. The normalized spacial score (nSPS) is 13.0. The fraction of sp³-hybridized carbons (Fsp3) is 0.233. The van der Waals surface area contributed by atoms with E-state index in [1.54, 1.807) is 6.20 Å². The van der Waals surface area contributed by atoms with Crippen molar-refractivity contribution in [2.24, 2.45) is 0 Å². The molecule has 0 fully saturated rings. The third-order valence-electron chi connectivity index (χ3n) is 6.20. The zero-order valence-electron chi connectivity index (χ0n) is 20.4. The smallest absolute Gasteiger partial charge is 0.144 e. The third-order valence-corrected chi connectivity index (χ3v) is 6.20. The Labute approximate surface area is 191 Å². The lowest BCUT2D eigenvalue weighted by atomic mass is 9.86. The van der Waals surface area contributed by atoms with Crippen LogP contribution < -0.4 is 0 Å². The summed E-state index contributed by atoms with van der Waals surface area (Å²) in [6, 6.07) is 25.3. The summed E-state index contributed by atoms with van der Waals surface area (Å²) >= 11 is 0. The van der Waals surface area contributed by atoms with Gasteiger partial charge in [0.2, 0.25) is 0 Å². The van der Waals surface area contributed by atoms with Crippen LogP contribution in [0.4, 0.5) is 0 Å². The van der Waals surface area contributed by atoms with Gasteiger partial charge in [0.1, 0.15) is 11.2 Å². The SMILES string of the molecule is [2H]C(C)(C)c1ccnc(-c2cccc3c2oc2cc(-c4ccc(C(C)(C)C)cc4)ccc23)c1. The predicted octanol–water partition coefficient (Wildman–Crippen LogP) is 8.74. The molecule has 0 aliphatic carbocycles. The van der Waals surface area contributed by atoms with Crippen LogP contribution in [0.15, 0.2) is 83.4 Å². The lowest BCUT2D eigenvalue weighted by Gasteiger charge is -2.19. The summed E-state index contributed by atoms with van der Waals surface area (Å²) in [6.45, 7) is 10.5. The summed E-state index contributed by atoms with van der Waals surface area (Å²) in [6.07, 6.45) is 1.78. The summed E-state index contributed by atoms with van der Waals surface area (Å²) in [5, 5.41) is 2.17. The molecule has 0 aliphatic rings. The predicted molar refractivity (Wildman–Crippen MR) is 135 cm³/mol. The van der Waals surface area contributed by atoms with Crippen molar-refractivity contribution < 1.29 is 5.79 Å². The van der Waals surface area contributed by atoms with Crippen molar-refractivity contribution in [1.82, 2.24) is 4.98 Å². The summed E-state index contributed by atoms with van der Waals surface area (Å²) in [4.78, 5) is 4.59. The first-order chi connectivity index (χ1) is 15.6.